The van der Waals surface area contributed by atoms with Crippen molar-refractivity contribution in [3.63, 3.8) is 0 Å². The minimum absolute atomic E-state index is 0.112. The van der Waals surface area contributed by atoms with Gasteiger partial charge in [-0.25, -0.2) is 4.98 Å². The Bertz CT molecular complexity index is 816. The van der Waals surface area contributed by atoms with Gasteiger partial charge < -0.3 is 14.7 Å². The van der Waals surface area contributed by atoms with Gasteiger partial charge in [-0.2, -0.15) is 0 Å². The summed E-state index contributed by atoms with van der Waals surface area (Å²) in [5.41, 5.74) is 0.818. The van der Waals surface area contributed by atoms with Crippen LogP contribution in [0.2, 0.25) is 0 Å². The van der Waals surface area contributed by atoms with E-state index in [-0.39, 0.29) is 11.2 Å². The highest BCUT2D eigenvalue weighted by Gasteiger charge is 2.22. The van der Waals surface area contributed by atoms with E-state index in [0.717, 1.165) is 25.9 Å². The van der Waals surface area contributed by atoms with Crippen molar-refractivity contribution in [2.24, 2.45) is 0 Å². The fourth-order valence-electron chi connectivity index (χ4n) is 3.94. The Morgan fingerprint density at radius 2 is 1.74 bits per heavy atom. The molecular formula is C24H37N3O4. The predicted molar refractivity (Wildman–Crippen MR) is 125 cm³/mol. The van der Waals surface area contributed by atoms with E-state index in [1.54, 1.807) is 12.1 Å². The van der Waals surface area contributed by atoms with Crippen molar-refractivity contribution in [1.29, 1.82) is 0 Å². The number of nitro benzene ring substituents is 1. The smallest absolute Gasteiger partial charge is 0.299 e. The maximum atomic E-state index is 11.5. The Hall–Kier alpha value is -2.25. The van der Waals surface area contributed by atoms with Gasteiger partial charge in [-0.1, -0.05) is 52.4 Å². The summed E-state index contributed by atoms with van der Waals surface area (Å²) in [4.78, 5) is 17.6. The van der Waals surface area contributed by atoms with Crippen LogP contribution in [0, 0.1) is 10.1 Å². The van der Waals surface area contributed by atoms with Gasteiger partial charge in [0.25, 0.3) is 5.69 Å². The number of methoxy groups -OCH3 is 1. The third-order valence-electron chi connectivity index (χ3n) is 5.71. The standard InChI is InChI=1S/C24H37N3O4/c1-4-6-8-10-14-26(15-11-9-7-5-2)18-23(28)20-12-13-25-24-21(20)16-19(31-3)17-22(24)27(29)30/h12-13,16-17,23,28H,4-11,14-15,18H2,1-3H3. The Morgan fingerprint density at radius 3 is 2.29 bits per heavy atom. The van der Waals surface area contributed by atoms with Crippen LogP contribution < -0.4 is 4.74 Å². The second-order valence-electron chi connectivity index (χ2n) is 8.14. The summed E-state index contributed by atoms with van der Waals surface area (Å²) in [7, 11) is 1.48. The molecule has 1 heterocycles. The number of aromatic nitrogens is 1. The molecule has 7 heteroatoms. The third kappa shape index (κ3) is 7.43. The second kappa shape index (κ2) is 13.2. The van der Waals surface area contributed by atoms with E-state index in [1.807, 2.05) is 0 Å². The third-order valence-corrected chi connectivity index (χ3v) is 5.71. The summed E-state index contributed by atoms with van der Waals surface area (Å²) in [5.74, 6) is 0.386. The lowest BCUT2D eigenvalue weighted by Gasteiger charge is -2.26. The zero-order valence-corrected chi connectivity index (χ0v) is 19.2. The lowest BCUT2D eigenvalue weighted by molar-refractivity contribution is -0.383. The molecule has 0 bridgehead atoms. The average Bonchev–Trinajstić information content (AvgIpc) is 2.77. The van der Waals surface area contributed by atoms with Gasteiger partial charge >= 0.3 is 0 Å². The zero-order chi connectivity index (χ0) is 22.6. The first-order valence-electron chi connectivity index (χ1n) is 11.5. The largest absolute Gasteiger partial charge is 0.496 e. The van der Waals surface area contributed by atoms with Gasteiger partial charge in [0, 0.05) is 18.1 Å². The van der Waals surface area contributed by atoms with Crippen molar-refractivity contribution in [2.75, 3.05) is 26.7 Å². The molecule has 2 aromatic rings. The van der Waals surface area contributed by atoms with Crippen LogP contribution in [0.4, 0.5) is 5.69 Å². The molecule has 1 aromatic carbocycles. The van der Waals surface area contributed by atoms with E-state index in [0.29, 0.717) is 23.2 Å². The van der Waals surface area contributed by atoms with E-state index in [4.69, 9.17) is 4.74 Å². The minimum atomic E-state index is -0.755. The number of unbranched alkanes of at least 4 members (excludes halogenated alkanes) is 6. The molecule has 0 spiro atoms. The predicted octanol–water partition coefficient (Wildman–Crippen LogP) is 5.65. The molecule has 172 valence electrons. The molecule has 7 nitrogen and oxygen atoms in total. The molecule has 0 aliphatic carbocycles. The van der Waals surface area contributed by atoms with Gasteiger partial charge in [-0.05, 0) is 43.6 Å². The van der Waals surface area contributed by atoms with Crippen molar-refractivity contribution in [1.82, 2.24) is 9.88 Å². The number of benzene rings is 1. The number of hydrogen-bond acceptors (Lipinski definition) is 6. The van der Waals surface area contributed by atoms with Gasteiger partial charge in [-0.15, -0.1) is 0 Å². The van der Waals surface area contributed by atoms with E-state index < -0.39 is 11.0 Å². The number of nitro groups is 1. The Balaban J connectivity index is 2.23. The summed E-state index contributed by atoms with van der Waals surface area (Å²) < 4.78 is 5.26. The van der Waals surface area contributed by atoms with Crippen LogP contribution in [0.15, 0.2) is 24.4 Å². The Kier molecular flexibility index (Phi) is 10.7. The highest BCUT2D eigenvalue weighted by atomic mass is 16.6. The number of ether oxygens (including phenoxy) is 1. The summed E-state index contributed by atoms with van der Waals surface area (Å²) in [6.07, 6.45) is 10.2. The normalized spacial score (nSPS) is 12.4. The van der Waals surface area contributed by atoms with Crippen LogP contribution >= 0.6 is 0 Å². The van der Waals surface area contributed by atoms with E-state index in [9.17, 15) is 15.2 Å². The average molecular weight is 432 g/mol. The first-order chi connectivity index (χ1) is 15.0. The van der Waals surface area contributed by atoms with Crippen molar-refractivity contribution < 1.29 is 14.8 Å². The lowest BCUT2D eigenvalue weighted by atomic mass is 10.0. The molecule has 31 heavy (non-hydrogen) atoms. The van der Waals surface area contributed by atoms with Gasteiger partial charge in [0.05, 0.1) is 24.2 Å². The van der Waals surface area contributed by atoms with Crippen LogP contribution in [0.5, 0.6) is 5.75 Å². The summed E-state index contributed by atoms with van der Waals surface area (Å²) in [6, 6.07) is 4.85. The number of hydrogen-bond donors (Lipinski definition) is 1. The van der Waals surface area contributed by atoms with Crippen LogP contribution in [-0.4, -0.2) is 46.7 Å². The summed E-state index contributed by atoms with van der Waals surface area (Å²) in [6.45, 7) is 6.82. The lowest BCUT2D eigenvalue weighted by Crippen LogP contribution is -2.31. The van der Waals surface area contributed by atoms with E-state index >= 15 is 0 Å². The maximum Gasteiger partial charge on any atom is 0.299 e. The van der Waals surface area contributed by atoms with Gasteiger partial charge in [0.2, 0.25) is 0 Å². The molecule has 0 radical (unpaired) electrons. The molecule has 1 atom stereocenters. The van der Waals surface area contributed by atoms with Crippen molar-refractivity contribution in [2.45, 2.75) is 71.3 Å². The highest BCUT2D eigenvalue weighted by molar-refractivity contribution is 5.91. The Morgan fingerprint density at radius 1 is 1.10 bits per heavy atom. The topological polar surface area (TPSA) is 88.7 Å². The minimum Gasteiger partial charge on any atom is -0.496 e. The molecule has 1 unspecified atom stereocenters. The zero-order valence-electron chi connectivity index (χ0n) is 19.2. The number of fused-ring (bicyclic) bond motifs is 1. The van der Waals surface area contributed by atoms with Gasteiger partial charge in [0.15, 0.2) is 0 Å². The number of pyridine rings is 1. The molecule has 0 saturated carbocycles. The van der Waals surface area contributed by atoms with Crippen LogP contribution in [0.1, 0.15) is 76.9 Å². The molecule has 1 N–H and O–H groups in total. The monoisotopic (exact) mass is 431 g/mol. The summed E-state index contributed by atoms with van der Waals surface area (Å²) >= 11 is 0. The van der Waals surface area contributed by atoms with Gasteiger partial charge in [0.1, 0.15) is 11.3 Å². The molecule has 0 aliphatic rings. The van der Waals surface area contributed by atoms with E-state index in [1.165, 1.54) is 57.9 Å². The number of aliphatic hydroxyl groups excluding tert-OH is 1. The number of aliphatic hydroxyl groups is 1. The molecule has 2 rings (SSSR count). The first kappa shape index (κ1) is 25.0. The molecule has 0 aliphatic heterocycles. The quantitative estimate of drug-likeness (QED) is 0.223. The van der Waals surface area contributed by atoms with E-state index in [2.05, 4.69) is 23.7 Å². The molecule has 1 aromatic heterocycles. The second-order valence-corrected chi connectivity index (χ2v) is 8.14. The number of rotatable bonds is 15. The van der Waals surface area contributed by atoms with Gasteiger partial charge in [-0.3, -0.25) is 10.1 Å². The highest BCUT2D eigenvalue weighted by Crippen LogP contribution is 2.33. The molecule has 0 saturated heterocycles. The van der Waals surface area contributed by atoms with Crippen LogP contribution in [-0.2, 0) is 0 Å². The number of nitrogens with zero attached hydrogens (tertiary/aromatic N) is 3. The fraction of sp³-hybridized carbons (Fsp3) is 0.625. The fourth-order valence-corrected chi connectivity index (χ4v) is 3.94. The first-order valence-corrected chi connectivity index (χ1v) is 11.5. The molecule has 0 fully saturated rings. The summed E-state index contributed by atoms with van der Waals surface area (Å²) in [5, 5.41) is 23.2. The molecular weight excluding hydrogens is 394 g/mol. The number of non-ortho nitro benzene ring substituents is 1. The van der Waals surface area contributed by atoms with Crippen LogP contribution in [0.25, 0.3) is 10.9 Å². The Labute approximate surface area is 185 Å². The maximum absolute atomic E-state index is 11.5. The molecule has 0 amide bonds. The SMILES string of the molecule is CCCCCCN(CCCCCC)CC(O)c1ccnc2c([N+](=O)[O-])cc(OC)cc12. The van der Waals surface area contributed by atoms with Crippen LogP contribution in [0.3, 0.4) is 0 Å². The van der Waals surface area contributed by atoms with Crippen molar-refractivity contribution in [3.8, 4) is 5.75 Å². The van der Waals surface area contributed by atoms with Crippen molar-refractivity contribution in [3.05, 3.63) is 40.1 Å². The van der Waals surface area contributed by atoms with Crippen molar-refractivity contribution >= 4 is 16.6 Å².